The molecule has 2 heterocycles. The summed E-state index contributed by atoms with van der Waals surface area (Å²) >= 11 is 0. The van der Waals surface area contributed by atoms with Gasteiger partial charge in [0, 0.05) is 12.1 Å². The van der Waals surface area contributed by atoms with Crippen molar-refractivity contribution in [3.8, 4) is 11.3 Å². The molecular weight excluding hydrogens is 315 g/mol. The van der Waals surface area contributed by atoms with E-state index in [0.717, 1.165) is 6.42 Å². The largest absolute Gasteiger partial charge is 0.355 e. The molecule has 0 radical (unpaired) electrons. The van der Waals surface area contributed by atoms with Crippen LogP contribution >= 0.6 is 0 Å². The lowest BCUT2D eigenvalue weighted by Gasteiger charge is -2.05. The van der Waals surface area contributed by atoms with Crippen molar-refractivity contribution in [3.63, 3.8) is 0 Å². The van der Waals surface area contributed by atoms with Gasteiger partial charge in [-0.05, 0) is 18.6 Å². The van der Waals surface area contributed by atoms with Gasteiger partial charge in [0.15, 0.2) is 0 Å². The Balaban J connectivity index is 2.03. The third kappa shape index (κ3) is 3.03. The number of amides is 1. The molecule has 8 heteroatoms. The van der Waals surface area contributed by atoms with Crippen LogP contribution < -0.4 is 10.9 Å². The lowest BCUT2D eigenvalue weighted by Crippen LogP contribution is -2.32. The van der Waals surface area contributed by atoms with Crippen LogP contribution in [0.3, 0.4) is 0 Å². The maximum absolute atomic E-state index is 13.4. The molecule has 1 amide bonds. The van der Waals surface area contributed by atoms with Crippen LogP contribution in [0.5, 0.6) is 0 Å². The van der Waals surface area contributed by atoms with E-state index in [0.29, 0.717) is 12.1 Å². The second-order valence-corrected chi connectivity index (χ2v) is 5.25. The Labute approximate surface area is 136 Å². The fraction of sp³-hybridized carbons (Fsp3) is 0.250. The molecule has 3 rings (SSSR count). The van der Waals surface area contributed by atoms with Crippen LogP contribution in [0.4, 0.5) is 4.39 Å². The van der Waals surface area contributed by atoms with Crippen molar-refractivity contribution in [2.24, 2.45) is 0 Å². The van der Waals surface area contributed by atoms with Crippen molar-refractivity contribution >= 4 is 17.0 Å². The molecule has 0 atom stereocenters. The van der Waals surface area contributed by atoms with E-state index in [1.807, 2.05) is 6.92 Å². The van der Waals surface area contributed by atoms with Gasteiger partial charge in [-0.15, -0.1) is 0 Å². The fourth-order valence-electron chi connectivity index (χ4n) is 2.30. The minimum atomic E-state index is -0.466. The molecule has 24 heavy (non-hydrogen) atoms. The lowest BCUT2D eigenvalue weighted by molar-refractivity contribution is -0.121. The molecule has 0 aliphatic rings. The monoisotopic (exact) mass is 330 g/mol. The highest BCUT2D eigenvalue weighted by molar-refractivity contribution is 5.88. The van der Waals surface area contributed by atoms with Crippen molar-refractivity contribution in [2.75, 3.05) is 6.54 Å². The Morgan fingerprint density at radius 3 is 3.00 bits per heavy atom. The first-order valence-corrected chi connectivity index (χ1v) is 7.47. The third-order valence-electron chi connectivity index (χ3n) is 3.45. The number of nitrogens with zero attached hydrogens (tertiary/aromatic N) is 3. The highest BCUT2D eigenvalue weighted by Gasteiger charge is 2.18. The maximum Gasteiger partial charge on any atom is 0.267 e. The minimum Gasteiger partial charge on any atom is -0.355 e. The summed E-state index contributed by atoms with van der Waals surface area (Å²) in [6.45, 7) is 2.31. The maximum atomic E-state index is 13.4. The van der Waals surface area contributed by atoms with Crippen LogP contribution in [-0.4, -0.2) is 27.2 Å². The normalized spacial score (nSPS) is 10.9. The summed E-state index contributed by atoms with van der Waals surface area (Å²) in [5.74, 6) is -0.740. The number of aromatic nitrogens is 3. The van der Waals surface area contributed by atoms with E-state index >= 15 is 0 Å². The first-order chi connectivity index (χ1) is 11.6. The number of halogens is 1. The molecule has 1 N–H and O–H groups in total. The van der Waals surface area contributed by atoms with Gasteiger partial charge in [0.25, 0.3) is 11.3 Å². The Morgan fingerprint density at radius 1 is 1.42 bits per heavy atom. The molecule has 0 unspecified atom stereocenters. The highest BCUT2D eigenvalue weighted by atomic mass is 19.1. The van der Waals surface area contributed by atoms with Gasteiger partial charge in [0.1, 0.15) is 29.8 Å². The predicted molar refractivity (Wildman–Crippen MR) is 84.8 cm³/mol. The second kappa shape index (κ2) is 6.61. The average Bonchev–Trinajstić information content (AvgIpc) is 3.00. The summed E-state index contributed by atoms with van der Waals surface area (Å²) in [7, 11) is 0. The molecule has 0 fully saturated rings. The first kappa shape index (κ1) is 15.9. The van der Waals surface area contributed by atoms with E-state index < -0.39 is 11.4 Å². The number of carbonyl (C=O) groups excluding carboxylic acids is 1. The Morgan fingerprint density at radius 2 is 2.25 bits per heavy atom. The van der Waals surface area contributed by atoms with Crippen LogP contribution in [0.1, 0.15) is 13.3 Å². The number of benzene rings is 1. The summed E-state index contributed by atoms with van der Waals surface area (Å²) in [4.78, 5) is 28.4. The smallest absolute Gasteiger partial charge is 0.267 e. The number of nitrogens with one attached hydrogen (secondary N) is 1. The SMILES string of the molecule is CCCNC(=O)Cn1cnc2onc(-c3cccc(F)c3)c2c1=O. The van der Waals surface area contributed by atoms with Crippen molar-refractivity contribution in [1.82, 2.24) is 20.0 Å². The van der Waals surface area contributed by atoms with Crippen LogP contribution in [0.2, 0.25) is 0 Å². The average molecular weight is 330 g/mol. The first-order valence-electron chi connectivity index (χ1n) is 7.47. The minimum absolute atomic E-state index is 0.0458. The summed E-state index contributed by atoms with van der Waals surface area (Å²) in [6, 6.07) is 5.67. The molecule has 0 saturated heterocycles. The molecule has 0 aliphatic heterocycles. The van der Waals surface area contributed by atoms with E-state index in [1.54, 1.807) is 6.07 Å². The number of hydrogen-bond acceptors (Lipinski definition) is 5. The molecule has 0 aliphatic carbocycles. The summed E-state index contributed by atoms with van der Waals surface area (Å²) < 4.78 is 19.6. The molecule has 1 aromatic carbocycles. The predicted octanol–water partition coefficient (Wildman–Crippen LogP) is 1.72. The summed E-state index contributed by atoms with van der Waals surface area (Å²) in [5, 5.41) is 6.62. The van der Waals surface area contributed by atoms with Crippen LogP contribution in [0.25, 0.3) is 22.4 Å². The van der Waals surface area contributed by atoms with Gasteiger partial charge >= 0.3 is 0 Å². The molecule has 0 bridgehead atoms. The zero-order chi connectivity index (χ0) is 17.1. The van der Waals surface area contributed by atoms with Crippen molar-refractivity contribution < 1.29 is 13.7 Å². The quantitative estimate of drug-likeness (QED) is 0.769. The fourth-order valence-corrected chi connectivity index (χ4v) is 2.30. The topological polar surface area (TPSA) is 90.0 Å². The van der Waals surface area contributed by atoms with Gasteiger partial charge < -0.3 is 9.84 Å². The van der Waals surface area contributed by atoms with E-state index in [4.69, 9.17) is 4.52 Å². The summed E-state index contributed by atoms with van der Waals surface area (Å²) in [6.07, 6.45) is 2.03. The van der Waals surface area contributed by atoms with E-state index in [1.165, 1.54) is 29.1 Å². The number of rotatable bonds is 5. The molecule has 7 nitrogen and oxygen atoms in total. The van der Waals surface area contributed by atoms with Crippen LogP contribution in [0.15, 0.2) is 39.9 Å². The molecule has 0 spiro atoms. The van der Waals surface area contributed by atoms with Gasteiger partial charge in [0.2, 0.25) is 5.91 Å². The second-order valence-electron chi connectivity index (χ2n) is 5.25. The highest BCUT2D eigenvalue weighted by Crippen LogP contribution is 2.24. The van der Waals surface area contributed by atoms with Crippen molar-refractivity contribution in [3.05, 3.63) is 46.8 Å². The standard InChI is InChI=1S/C16H15FN4O3/c1-2-6-18-12(22)8-21-9-19-15-13(16(21)23)14(20-24-15)10-4-3-5-11(17)7-10/h3-5,7,9H,2,6,8H2,1H3,(H,18,22). The van der Waals surface area contributed by atoms with Crippen LogP contribution in [-0.2, 0) is 11.3 Å². The zero-order valence-electron chi connectivity index (χ0n) is 13.0. The molecule has 0 saturated carbocycles. The number of hydrogen-bond donors (Lipinski definition) is 1. The van der Waals surface area contributed by atoms with Gasteiger partial charge in [-0.2, -0.15) is 0 Å². The van der Waals surface area contributed by atoms with Crippen molar-refractivity contribution in [1.29, 1.82) is 0 Å². The van der Waals surface area contributed by atoms with Crippen LogP contribution in [0, 0.1) is 5.82 Å². The van der Waals surface area contributed by atoms with Gasteiger partial charge in [-0.3, -0.25) is 14.2 Å². The van der Waals surface area contributed by atoms with Gasteiger partial charge in [-0.25, -0.2) is 9.37 Å². The van der Waals surface area contributed by atoms with Crippen molar-refractivity contribution in [2.45, 2.75) is 19.9 Å². The molecule has 124 valence electrons. The number of carbonyl (C=O) groups is 1. The Kier molecular flexibility index (Phi) is 4.37. The van der Waals surface area contributed by atoms with Gasteiger partial charge in [-0.1, -0.05) is 24.2 Å². The van der Waals surface area contributed by atoms with E-state index in [9.17, 15) is 14.0 Å². The zero-order valence-corrected chi connectivity index (χ0v) is 13.0. The molecular formula is C16H15FN4O3. The van der Waals surface area contributed by atoms with E-state index in [-0.39, 0.29) is 29.2 Å². The van der Waals surface area contributed by atoms with Gasteiger partial charge in [0.05, 0.1) is 0 Å². The summed E-state index contributed by atoms with van der Waals surface area (Å²) in [5.41, 5.74) is 0.183. The molecule has 2 aromatic heterocycles. The third-order valence-corrected chi connectivity index (χ3v) is 3.45. The number of fused-ring (bicyclic) bond motifs is 1. The Bertz CT molecular complexity index is 948. The Hall–Kier alpha value is -3.03. The van der Waals surface area contributed by atoms with E-state index in [2.05, 4.69) is 15.5 Å². The molecule has 3 aromatic rings. The lowest BCUT2D eigenvalue weighted by atomic mass is 10.1.